The first kappa shape index (κ1) is 22.7. The first-order chi connectivity index (χ1) is 17.5. The molecule has 1 aliphatic carbocycles. The van der Waals surface area contributed by atoms with E-state index in [0.29, 0.717) is 11.4 Å². The van der Waals surface area contributed by atoms with Crippen LogP contribution < -0.4 is 10.6 Å². The number of hydrogen-bond acceptors (Lipinski definition) is 7. The molecule has 4 aromatic rings. The summed E-state index contributed by atoms with van der Waals surface area (Å²) in [6.07, 6.45) is 2.65. The highest BCUT2D eigenvalue weighted by molar-refractivity contribution is 5.97. The molecule has 36 heavy (non-hydrogen) atoms. The first-order valence-corrected chi connectivity index (χ1v) is 11.0. The number of halogens is 1. The Kier molecular flexibility index (Phi) is 6.10. The summed E-state index contributed by atoms with van der Waals surface area (Å²) >= 11 is 0. The second kappa shape index (κ2) is 9.67. The van der Waals surface area contributed by atoms with Crippen molar-refractivity contribution in [3.63, 3.8) is 0 Å². The third-order valence-corrected chi connectivity index (χ3v) is 5.85. The highest BCUT2D eigenvalue weighted by Gasteiger charge is 2.26. The van der Waals surface area contributed by atoms with Crippen molar-refractivity contribution < 1.29 is 14.0 Å². The maximum atomic E-state index is 13.5. The number of aryl methyl sites for hydroxylation is 1. The van der Waals surface area contributed by atoms with E-state index in [1.807, 2.05) is 18.2 Å². The molecule has 0 saturated heterocycles. The largest absolute Gasteiger partial charge is 0.347 e. The van der Waals surface area contributed by atoms with E-state index in [2.05, 4.69) is 46.1 Å². The quantitative estimate of drug-likeness (QED) is 0.358. The number of hydrogen-bond donors (Lipinski definition) is 3. The Morgan fingerprint density at radius 3 is 2.72 bits per heavy atom. The van der Waals surface area contributed by atoms with Crippen LogP contribution in [0.1, 0.15) is 50.1 Å². The molecule has 0 bridgehead atoms. The Balaban J connectivity index is 1.24. The van der Waals surface area contributed by atoms with Crippen LogP contribution in [0.4, 0.5) is 10.1 Å². The van der Waals surface area contributed by atoms with Crippen LogP contribution in [0, 0.1) is 12.4 Å². The molecule has 2 amide bonds. The number of amides is 2. The van der Waals surface area contributed by atoms with Crippen LogP contribution in [0.2, 0.25) is 0 Å². The van der Waals surface area contributed by atoms with Gasteiger partial charge < -0.3 is 10.6 Å². The third kappa shape index (κ3) is 4.62. The van der Waals surface area contributed by atoms with Crippen molar-refractivity contribution in [2.75, 3.05) is 0 Å². The van der Waals surface area contributed by atoms with Gasteiger partial charge in [-0.25, -0.2) is 19.2 Å². The smallest absolute Gasteiger partial charge is 0.270 e. The van der Waals surface area contributed by atoms with Gasteiger partial charge >= 0.3 is 0 Å². The highest BCUT2D eigenvalue weighted by Crippen LogP contribution is 2.33. The molecule has 2 heterocycles. The average Bonchev–Trinajstić information content (AvgIpc) is 3.58. The average molecular weight is 483 g/mol. The van der Waals surface area contributed by atoms with Gasteiger partial charge in [0.25, 0.3) is 11.8 Å². The van der Waals surface area contributed by atoms with Gasteiger partial charge in [0.05, 0.1) is 12.6 Å². The summed E-state index contributed by atoms with van der Waals surface area (Å²) in [6.45, 7) is 7.06. The van der Waals surface area contributed by atoms with Crippen molar-refractivity contribution in [2.45, 2.75) is 25.4 Å². The number of aromatic amines is 1. The minimum atomic E-state index is -0.621. The highest BCUT2D eigenvalue weighted by atomic mass is 19.1. The van der Waals surface area contributed by atoms with Crippen LogP contribution in [-0.2, 0) is 13.0 Å². The second-order valence-electron chi connectivity index (χ2n) is 8.08. The fourth-order valence-corrected chi connectivity index (χ4v) is 4.06. The summed E-state index contributed by atoms with van der Waals surface area (Å²) in [5, 5.41) is 19.6. The lowest BCUT2D eigenvalue weighted by atomic mass is 10.0. The molecule has 2 aromatic carbocycles. The summed E-state index contributed by atoms with van der Waals surface area (Å²) < 4.78 is 13.5. The number of aromatic nitrogens is 6. The van der Waals surface area contributed by atoms with Gasteiger partial charge in [-0.3, -0.25) is 9.59 Å². The van der Waals surface area contributed by atoms with Crippen LogP contribution in [0.3, 0.4) is 0 Å². The molecule has 0 spiro atoms. The number of benzene rings is 2. The van der Waals surface area contributed by atoms with E-state index < -0.39 is 17.6 Å². The standard InChI is InChI=1S/C24H18FN9O2/c1-26-19-8-13(2-6-17(19)25)11-27-23(35)20-10-21(29-12-28-20)24(36)30-18-7-4-14-9-15(3-5-16(14)18)22-31-33-34-32-22/h2-3,5-6,8-10,12,18H,4,7,11H2,(H,27,35)(H,30,36)(H,31,32,33,34)/t18-/m0/s1. The van der Waals surface area contributed by atoms with E-state index in [1.165, 1.54) is 24.3 Å². The van der Waals surface area contributed by atoms with Crippen LogP contribution in [0.5, 0.6) is 0 Å². The lowest BCUT2D eigenvalue weighted by molar-refractivity contribution is 0.0931. The van der Waals surface area contributed by atoms with Gasteiger partial charge in [0, 0.05) is 18.2 Å². The molecule has 3 N–H and O–H groups in total. The zero-order valence-electron chi connectivity index (χ0n) is 18.7. The van der Waals surface area contributed by atoms with E-state index in [-0.39, 0.29) is 29.7 Å². The molecule has 1 aliphatic rings. The minimum absolute atomic E-state index is 0.0132. The van der Waals surface area contributed by atoms with Crippen molar-refractivity contribution >= 4 is 17.5 Å². The number of nitrogens with zero attached hydrogens (tertiary/aromatic N) is 6. The molecular weight excluding hydrogens is 465 g/mol. The summed E-state index contributed by atoms with van der Waals surface area (Å²) in [5.74, 6) is -1.07. The van der Waals surface area contributed by atoms with E-state index in [4.69, 9.17) is 6.57 Å². The van der Waals surface area contributed by atoms with Gasteiger partial charge in [-0.15, -0.1) is 10.2 Å². The van der Waals surface area contributed by atoms with Gasteiger partial charge in [0.15, 0.2) is 0 Å². The van der Waals surface area contributed by atoms with E-state index in [0.717, 1.165) is 35.9 Å². The normalized spacial score (nSPS) is 14.1. The van der Waals surface area contributed by atoms with Crippen LogP contribution in [-0.4, -0.2) is 42.4 Å². The fraction of sp³-hybridized carbons (Fsp3) is 0.167. The fourth-order valence-electron chi connectivity index (χ4n) is 4.06. The number of fused-ring (bicyclic) bond motifs is 1. The lowest BCUT2D eigenvalue weighted by Crippen LogP contribution is -2.29. The number of H-pyrrole nitrogens is 1. The Morgan fingerprint density at radius 1 is 1.11 bits per heavy atom. The summed E-state index contributed by atoms with van der Waals surface area (Å²) in [5.41, 5.74) is 3.44. The molecule has 1 atom stereocenters. The number of nitrogens with one attached hydrogen (secondary N) is 3. The predicted octanol–water partition coefficient (Wildman–Crippen LogP) is 2.69. The molecule has 0 aliphatic heterocycles. The van der Waals surface area contributed by atoms with Gasteiger partial charge in [-0.05, 0) is 52.9 Å². The SMILES string of the molecule is [C-]#[N+]c1cc(CNC(=O)c2cc(C(=O)N[C@H]3CCc4cc(-c5nn[nH]n5)ccc43)ncn2)ccc1F. The lowest BCUT2D eigenvalue weighted by Gasteiger charge is -2.14. The monoisotopic (exact) mass is 483 g/mol. The van der Waals surface area contributed by atoms with Crippen molar-refractivity contribution in [3.05, 3.63) is 94.1 Å². The predicted molar refractivity (Wildman–Crippen MR) is 124 cm³/mol. The Hall–Kier alpha value is -5.05. The second-order valence-corrected chi connectivity index (χ2v) is 8.08. The molecule has 2 aromatic heterocycles. The van der Waals surface area contributed by atoms with Gasteiger partial charge in [-0.1, -0.05) is 18.2 Å². The number of rotatable bonds is 6. The number of carbonyl (C=O) groups excluding carboxylic acids is 2. The molecular formula is C24H18FN9O2. The van der Waals surface area contributed by atoms with Gasteiger partial charge in [-0.2, -0.15) is 5.21 Å². The minimum Gasteiger partial charge on any atom is -0.347 e. The third-order valence-electron chi connectivity index (χ3n) is 5.85. The van der Waals surface area contributed by atoms with Crippen LogP contribution in [0.15, 0.2) is 48.8 Å². The Labute approximate surface area is 204 Å². The van der Waals surface area contributed by atoms with E-state index in [1.54, 1.807) is 0 Å². The molecule has 12 heteroatoms. The van der Waals surface area contributed by atoms with Crippen molar-refractivity contribution in [3.8, 4) is 11.4 Å². The molecule has 178 valence electrons. The van der Waals surface area contributed by atoms with E-state index in [9.17, 15) is 14.0 Å². The number of carbonyl (C=O) groups is 2. The molecule has 0 fully saturated rings. The van der Waals surface area contributed by atoms with Crippen molar-refractivity contribution in [1.82, 2.24) is 41.2 Å². The molecule has 0 radical (unpaired) electrons. The van der Waals surface area contributed by atoms with Crippen molar-refractivity contribution in [2.24, 2.45) is 0 Å². The topological polar surface area (TPSA) is 143 Å². The van der Waals surface area contributed by atoms with Gasteiger partial charge in [0.2, 0.25) is 11.5 Å². The van der Waals surface area contributed by atoms with Crippen LogP contribution >= 0.6 is 0 Å². The maximum absolute atomic E-state index is 13.5. The summed E-state index contributed by atoms with van der Waals surface area (Å²) in [6, 6.07) is 10.9. The van der Waals surface area contributed by atoms with Crippen molar-refractivity contribution in [1.29, 1.82) is 0 Å². The van der Waals surface area contributed by atoms with Crippen LogP contribution in [0.25, 0.3) is 16.2 Å². The number of tetrazole rings is 1. The Bertz CT molecular complexity index is 1500. The Morgan fingerprint density at radius 2 is 1.94 bits per heavy atom. The van der Waals surface area contributed by atoms with E-state index >= 15 is 0 Å². The molecule has 11 nitrogen and oxygen atoms in total. The summed E-state index contributed by atoms with van der Waals surface area (Å²) in [4.78, 5) is 36.5. The molecule has 5 rings (SSSR count). The summed E-state index contributed by atoms with van der Waals surface area (Å²) in [7, 11) is 0. The molecule has 0 unspecified atom stereocenters. The first-order valence-electron chi connectivity index (χ1n) is 11.0. The maximum Gasteiger partial charge on any atom is 0.270 e. The zero-order valence-corrected chi connectivity index (χ0v) is 18.7. The molecule has 0 saturated carbocycles. The van der Waals surface area contributed by atoms with Gasteiger partial charge in [0.1, 0.15) is 23.5 Å². The zero-order chi connectivity index (χ0) is 25.1.